The third kappa shape index (κ3) is 2.99. The molecule has 0 N–H and O–H groups in total. The van der Waals surface area contributed by atoms with Crippen LogP contribution in [0.4, 0.5) is 4.39 Å². The fourth-order valence-corrected chi connectivity index (χ4v) is 2.33. The molecule has 2 aromatic rings. The lowest BCUT2D eigenvalue weighted by Crippen LogP contribution is -2.05. The zero-order valence-corrected chi connectivity index (χ0v) is 13.1. The average molecular weight is 327 g/mol. The second kappa shape index (κ2) is 6.54. The number of hydrogen-bond donors (Lipinski definition) is 0. The molecule has 5 nitrogen and oxygen atoms in total. The normalized spacial score (nSPS) is 15.2. The number of methoxy groups -OCH3 is 2. The maximum Gasteiger partial charge on any atom is 0.363 e. The summed E-state index contributed by atoms with van der Waals surface area (Å²) in [5, 5.41) is 0. The lowest BCUT2D eigenvalue weighted by atomic mass is 10.1. The zero-order chi connectivity index (χ0) is 17.1. The van der Waals surface area contributed by atoms with Crippen LogP contribution in [-0.4, -0.2) is 26.1 Å². The summed E-state index contributed by atoms with van der Waals surface area (Å²) in [4.78, 5) is 16.2. The lowest BCUT2D eigenvalue weighted by Gasteiger charge is -2.09. The number of rotatable bonds is 4. The van der Waals surface area contributed by atoms with Crippen molar-refractivity contribution in [2.45, 2.75) is 0 Å². The van der Waals surface area contributed by atoms with E-state index in [0.29, 0.717) is 22.6 Å². The van der Waals surface area contributed by atoms with Crippen LogP contribution in [0.1, 0.15) is 11.1 Å². The van der Waals surface area contributed by atoms with E-state index in [1.165, 1.54) is 38.5 Å². The van der Waals surface area contributed by atoms with E-state index >= 15 is 0 Å². The number of hydrogen-bond acceptors (Lipinski definition) is 5. The van der Waals surface area contributed by atoms with Crippen molar-refractivity contribution in [3.05, 3.63) is 65.1 Å². The topological polar surface area (TPSA) is 57.1 Å². The molecule has 0 atom stereocenters. The molecule has 0 aliphatic carbocycles. The first kappa shape index (κ1) is 15.7. The molecular weight excluding hydrogens is 313 g/mol. The minimum absolute atomic E-state index is 0.0626. The predicted molar refractivity (Wildman–Crippen MR) is 86.6 cm³/mol. The molecule has 6 heteroatoms. The van der Waals surface area contributed by atoms with Crippen LogP contribution >= 0.6 is 0 Å². The predicted octanol–water partition coefficient (Wildman–Crippen LogP) is 3.19. The van der Waals surface area contributed by atoms with E-state index in [9.17, 15) is 9.18 Å². The van der Waals surface area contributed by atoms with Gasteiger partial charge in [-0.05, 0) is 30.3 Å². The van der Waals surface area contributed by atoms with Crippen molar-refractivity contribution in [3.8, 4) is 11.5 Å². The van der Waals surface area contributed by atoms with Gasteiger partial charge in [0.1, 0.15) is 5.82 Å². The van der Waals surface area contributed by atoms with Crippen LogP contribution in [0.3, 0.4) is 0 Å². The molecule has 0 fully saturated rings. The van der Waals surface area contributed by atoms with Gasteiger partial charge in [-0.2, -0.15) is 0 Å². The van der Waals surface area contributed by atoms with Crippen molar-refractivity contribution < 1.29 is 23.4 Å². The van der Waals surface area contributed by atoms with Gasteiger partial charge in [0.15, 0.2) is 17.2 Å². The molecule has 0 spiro atoms. The Balaban J connectivity index is 2.01. The Bertz CT molecular complexity index is 858. The SMILES string of the molecule is COc1cccc(C=C2N=C(c3cccc(F)c3)OC2=O)c1OC. The fourth-order valence-electron chi connectivity index (χ4n) is 2.33. The third-order valence-electron chi connectivity index (χ3n) is 3.42. The van der Waals surface area contributed by atoms with E-state index in [-0.39, 0.29) is 11.6 Å². The van der Waals surface area contributed by atoms with Crippen LogP contribution in [0.5, 0.6) is 11.5 Å². The van der Waals surface area contributed by atoms with E-state index in [1.54, 1.807) is 24.3 Å². The minimum Gasteiger partial charge on any atom is -0.493 e. The van der Waals surface area contributed by atoms with Crippen LogP contribution in [0, 0.1) is 5.82 Å². The van der Waals surface area contributed by atoms with Crippen LogP contribution in [0.2, 0.25) is 0 Å². The number of esters is 1. The Morgan fingerprint density at radius 1 is 1.12 bits per heavy atom. The van der Waals surface area contributed by atoms with Crippen molar-refractivity contribution in [1.82, 2.24) is 0 Å². The van der Waals surface area contributed by atoms with Crippen LogP contribution in [0.25, 0.3) is 6.08 Å². The Morgan fingerprint density at radius 3 is 2.62 bits per heavy atom. The summed E-state index contributed by atoms with van der Waals surface area (Å²) in [6, 6.07) is 11.0. The van der Waals surface area contributed by atoms with Gasteiger partial charge in [-0.15, -0.1) is 0 Å². The number of carbonyl (C=O) groups excluding carboxylic acids is 1. The smallest absolute Gasteiger partial charge is 0.363 e. The van der Waals surface area contributed by atoms with Gasteiger partial charge in [-0.25, -0.2) is 14.2 Å². The summed E-state index contributed by atoms with van der Waals surface area (Å²) >= 11 is 0. The highest BCUT2D eigenvalue weighted by atomic mass is 19.1. The number of cyclic esters (lactones) is 1. The molecule has 0 bridgehead atoms. The molecule has 1 aliphatic heterocycles. The summed E-state index contributed by atoms with van der Waals surface area (Å²) in [7, 11) is 3.03. The molecule has 3 rings (SSSR count). The van der Waals surface area contributed by atoms with E-state index in [0.717, 1.165) is 0 Å². The van der Waals surface area contributed by atoms with Gasteiger partial charge in [0, 0.05) is 11.1 Å². The Hall–Kier alpha value is -3.15. The van der Waals surface area contributed by atoms with Crippen molar-refractivity contribution in [3.63, 3.8) is 0 Å². The molecule has 24 heavy (non-hydrogen) atoms. The van der Waals surface area contributed by atoms with E-state index in [2.05, 4.69) is 4.99 Å². The second-order valence-electron chi connectivity index (χ2n) is 4.93. The Morgan fingerprint density at radius 2 is 1.92 bits per heavy atom. The van der Waals surface area contributed by atoms with Crippen molar-refractivity contribution in [2.24, 2.45) is 4.99 Å². The largest absolute Gasteiger partial charge is 0.493 e. The van der Waals surface area contributed by atoms with Gasteiger partial charge in [-0.1, -0.05) is 18.2 Å². The van der Waals surface area contributed by atoms with Gasteiger partial charge in [0.25, 0.3) is 0 Å². The number of carbonyl (C=O) groups is 1. The number of ether oxygens (including phenoxy) is 3. The van der Waals surface area contributed by atoms with E-state index in [4.69, 9.17) is 14.2 Å². The number of para-hydroxylation sites is 1. The summed E-state index contributed by atoms with van der Waals surface area (Å²) < 4.78 is 29.0. The third-order valence-corrected chi connectivity index (χ3v) is 3.42. The molecule has 1 heterocycles. The molecule has 122 valence electrons. The van der Waals surface area contributed by atoms with Crippen molar-refractivity contribution >= 4 is 17.9 Å². The molecule has 0 amide bonds. The Labute approximate surface area is 138 Å². The highest BCUT2D eigenvalue weighted by Crippen LogP contribution is 2.33. The lowest BCUT2D eigenvalue weighted by molar-refractivity contribution is -0.129. The molecule has 0 aromatic heterocycles. The molecule has 2 aromatic carbocycles. The first-order valence-corrected chi connectivity index (χ1v) is 7.12. The van der Waals surface area contributed by atoms with Crippen LogP contribution in [0.15, 0.2) is 53.2 Å². The highest BCUT2D eigenvalue weighted by Gasteiger charge is 2.25. The van der Waals surface area contributed by atoms with E-state index in [1.807, 2.05) is 0 Å². The first-order valence-electron chi connectivity index (χ1n) is 7.12. The highest BCUT2D eigenvalue weighted by molar-refractivity contribution is 6.13. The average Bonchev–Trinajstić information content (AvgIpc) is 2.95. The Kier molecular flexibility index (Phi) is 4.29. The maximum atomic E-state index is 13.3. The summed E-state index contributed by atoms with van der Waals surface area (Å²) in [6.45, 7) is 0. The molecule has 0 saturated carbocycles. The molecule has 0 radical (unpaired) electrons. The molecule has 0 saturated heterocycles. The summed E-state index contributed by atoms with van der Waals surface area (Å²) in [5.74, 6) is 0.0344. The molecular formula is C18H14FNO4. The summed E-state index contributed by atoms with van der Waals surface area (Å²) in [6.07, 6.45) is 1.54. The zero-order valence-electron chi connectivity index (χ0n) is 13.1. The van der Waals surface area contributed by atoms with E-state index < -0.39 is 11.8 Å². The fraction of sp³-hybridized carbons (Fsp3) is 0.111. The van der Waals surface area contributed by atoms with Crippen molar-refractivity contribution in [2.75, 3.05) is 14.2 Å². The maximum absolute atomic E-state index is 13.3. The van der Waals surface area contributed by atoms with Gasteiger partial charge in [-0.3, -0.25) is 0 Å². The molecule has 1 aliphatic rings. The number of aliphatic imine (C=N–C) groups is 1. The van der Waals surface area contributed by atoms with Crippen LogP contribution < -0.4 is 9.47 Å². The van der Waals surface area contributed by atoms with Crippen LogP contribution in [-0.2, 0) is 9.53 Å². The number of halogens is 1. The standard InChI is InChI=1S/C18H14FNO4/c1-22-15-8-4-5-11(16(15)23-2)10-14-18(21)24-17(20-14)12-6-3-7-13(19)9-12/h3-10H,1-2H3. The number of nitrogens with zero attached hydrogens (tertiary/aromatic N) is 1. The monoisotopic (exact) mass is 327 g/mol. The summed E-state index contributed by atoms with van der Waals surface area (Å²) in [5.41, 5.74) is 1.11. The second-order valence-corrected chi connectivity index (χ2v) is 4.93. The minimum atomic E-state index is -0.612. The van der Waals surface area contributed by atoms with Gasteiger partial charge in [0.2, 0.25) is 5.90 Å². The van der Waals surface area contributed by atoms with Gasteiger partial charge >= 0.3 is 5.97 Å². The quantitative estimate of drug-likeness (QED) is 0.639. The van der Waals surface area contributed by atoms with Crippen molar-refractivity contribution in [1.29, 1.82) is 0 Å². The first-order chi connectivity index (χ1) is 11.6. The van der Waals surface area contributed by atoms with Gasteiger partial charge in [0.05, 0.1) is 14.2 Å². The van der Waals surface area contributed by atoms with Gasteiger partial charge < -0.3 is 14.2 Å². The number of benzene rings is 2. The molecule has 0 unspecified atom stereocenters.